The number of sulfonamides is 1. The molecule has 0 aromatic heterocycles. The Balaban J connectivity index is 0.00000200. The van der Waals surface area contributed by atoms with Gasteiger partial charge in [-0.05, 0) is 47.0 Å². The molecule has 1 aliphatic carbocycles. The topological polar surface area (TPSA) is 72.2 Å². The quantitative estimate of drug-likeness (QED) is 0.811. The molecule has 1 aliphatic rings. The third-order valence-electron chi connectivity index (χ3n) is 3.49. The molecular formula is C12H17BrCl2N2O2S. The Kier molecular flexibility index (Phi) is 6.32. The van der Waals surface area contributed by atoms with E-state index in [1.807, 2.05) is 0 Å². The molecule has 1 fully saturated rings. The van der Waals surface area contributed by atoms with Crippen molar-refractivity contribution in [1.29, 1.82) is 0 Å². The lowest BCUT2D eigenvalue weighted by atomic mass is 10.0. The lowest BCUT2D eigenvalue weighted by Gasteiger charge is -2.28. The van der Waals surface area contributed by atoms with Gasteiger partial charge in [-0.2, -0.15) is 0 Å². The first-order valence-corrected chi connectivity index (χ1v) is 8.73. The first-order chi connectivity index (χ1) is 8.88. The summed E-state index contributed by atoms with van der Waals surface area (Å²) in [5.41, 5.74) is 5.25. The summed E-state index contributed by atoms with van der Waals surface area (Å²) in [6.45, 7) is 0.317. The maximum absolute atomic E-state index is 12.4. The van der Waals surface area contributed by atoms with Gasteiger partial charge in [-0.15, -0.1) is 12.4 Å². The highest BCUT2D eigenvalue weighted by molar-refractivity contribution is 9.10. The van der Waals surface area contributed by atoms with Crippen LogP contribution < -0.4 is 10.5 Å². The molecule has 0 unspecified atom stereocenters. The van der Waals surface area contributed by atoms with Crippen LogP contribution in [0.3, 0.4) is 0 Å². The van der Waals surface area contributed by atoms with Crippen molar-refractivity contribution in [3.8, 4) is 0 Å². The van der Waals surface area contributed by atoms with Crippen LogP contribution in [0.4, 0.5) is 0 Å². The Bertz CT molecular complexity index is 575. The molecule has 4 nitrogen and oxygen atoms in total. The molecule has 0 radical (unpaired) electrons. The Morgan fingerprint density at radius 2 is 1.95 bits per heavy atom. The fraction of sp³-hybridized carbons (Fsp3) is 0.500. The molecule has 20 heavy (non-hydrogen) atoms. The van der Waals surface area contributed by atoms with Gasteiger partial charge in [-0.1, -0.05) is 24.4 Å². The predicted octanol–water partition coefficient (Wildman–Crippen LogP) is 3.07. The van der Waals surface area contributed by atoms with Crippen molar-refractivity contribution in [3.63, 3.8) is 0 Å². The van der Waals surface area contributed by atoms with E-state index in [2.05, 4.69) is 20.7 Å². The molecule has 0 bridgehead atoms. The molecule has 0 spiro atoms. The zero-order valence-electron chi connectivity index (χ0n) is 10.7. The van der Waals surface area contributed by atoms with Gasteiger partial charge >= 0.3 is 0 Å². The van der Waals surface area contributed by atoms with Gasteiger partial charge in [0.05, 0.1) is 4.90 Å². The van der Waals surface area contributed by atoms with Crippen molar-refractivity contribution < 1.29 is 8.42 Å². The van der Waals surface area contributed by atoms with E-state index in [1.165, 1.54) is 6.07 Å². The summed E-state index contributed by atoms with van der Waals surface area (Å²) < 4.78 is 28.1. The molecule has 3 N–H and O–H groups in total. The first kappa shape index (κ1) is 18.2. The lowest BCUT2D eigenvalue weighted by Crippen LogP contribution is -2.51. The molecule has 114 valence electrons. The molecule has 0 aliphatic heterocycles. The molecule has 2 rings (SSSR count). The van der Waals surface area contributed by atoms with Crippen molar-refractivity contribution in [3.05, 3.63) is 27.7 Å². The summed E-state index contributed by atoms with van der Waals surface area (Å²) >= 11 is 9.06. The van der Waals surface area contributed by atoms with E-state index in [4.69, 9.17) is 17.3 Å². The standard InChI is InChI=1S/C12H16BrClN2O2S.ClH/c13-10-7-9(14)3-4-11(10)19(17,18)16-12(8-15)5-1-2-6-12;/h3-4,7,16H,1-2,5-6,8,15H2;1H. The molecule has 0 amide bonds. The minimum Gasteiger partial charge on any atom is -0.329 e. The minimum absolute atomic E-state index is 0. The first-order valence-electron chi connectivity index (χ1n) is 6.08. The van der Waals surface area contributed by atoms with Crippen LogP contribution in [-0.2, 0) is 10.0 Å². The van der Waals surface area contributed by atoms with Crippen LogP contribution in [0.25, 0.3) is 0 Å². The van der Waals surface area contributed by atoms with Gasteiger partial charge in [-0.3, -0.25) is 0 Å². The van der Waals surface area contributed by atoms with Crippen molar-refractivity contribution in [2.45, 2.75) is 36.1 Å². The van der Waals surface area contributed by atoms with E-state index < -0.39 is 15.6 Å². The summed E-state index contributed by atoms with van der Waals surface area (Å²) in [6.07, 6.45) is 3.57. The Hall–Kier alpha value is 0.150. The van der Waals surface area contributed by atoms with Crippen molar-refractivity contribution in [2.75, 3.05) is 6.54 Å². The van der Waals surface area contributed by atoms with E-state index in [0.29, 0.717) is 16.0 Å². The summed E-state index contributed by atoms with van der Waals surface area (Å²) in [6, 6.07) is 4.62. The predicted molar refractivity (Wildman–Crippen MR) is 87.0 cm³/mol. The van der Waals surface area contributed by atoms with E-state index in [0.717, 1.165) is 25.7 Å². The molecule has 1 aromatic carbocycles. The summed E-state index contributed by atoms with van der Waals surface area (Å²) in [5, 5.41) is 0.486. The van der Waals surface area contributed by atoms with Crippen LogP contribution >= 0.6 is 39.9 Å². The van der Waals surface area contributed by atoms with Gasteiger partial charge in [0.2, 0.25) is 10.0 Å². The number of benzene rings is 1. The van der Waals surface area contributed by atoms with Gasteiger partial charge in [0.1, 0.15) is 0 Å². The van der Waals surface area contributed by atoms with Crippen molar-refractivity contribution in [2.24, 2.45) is 5.73 Å². The smallest absolute Gasteiger partial charge is 0.242 e. The zero-order chi connectivity index (χ0) is 14.1. The van der Waals surface area contributed by atoms with Crippen molar-refractivity contribution in [1.82, 2.24) is 4.72 Å². The molecule has 0 heterocycles. The number of rotatable bonds is 4. The fourth-order valence-corrected chi connectivity index (χ4v) is 5.29. The summed E-state index contributed by atoms with van der Waals surface area (Å²) in [4.78, 5) is 0.191. The minimum atomic E-state index is -3.60. The lowest BCUT2D eigenvalue weighted by molar-refractivity contribution is 0.399. The number of hydrogen-bond acceptors (Lipinski definition) is 3. The molecule has 8 heteroatoms. The van der Waals surface area contributed by atoms with Crippen LogP contribution in [-0.4, -0.2) is 20.5 Å². The summed E-state index contributed by atoms with van der Waals surface area (Å²) in [5.74, 6) is 0. The fourth-order valence-electron chi connectivity index (χ4n) is 2.43. The average molecular weight is 404 g/mol. The second kappa shape index (κ2) is 6.94. The van der Waals surface area contributed by atoms with Gasteiger partial charge in [0.15, 0.2) is 0 Å². The molecule has 1 aromatic rings. The van der Waals surface area contributed by atoms with E-state index in [-0.39, 0.29) is 17.3 Å². The number of nitrogens with one attached hydrogen (secondary N) is 1. The van der Waals surface area contributed by atoms with Gasteiger partial charge in [0.25, 0.3) is 0 Å². The van der Waals surface area contributed by atoms with Crippen LogP contribution in [0.2, 0.25) is 5.02 Å². The molecule has 0 atom stereocenters. The SMILES string of the molecule is Cl.NCC1(NS(=O)(=O)c2ccc(Cl)cc2Br)CCCC1. The van der Waals surface area contributed by atoms with Gasteiger partial charge in [-0.25, -0.2) is 13.1 Å². The van der Waals surface area contributed by atoms with Crippen LogP contribution in [0.5, 0.6) is 0 Å². The normalized spacial score (nSPS) is 17.8. The van der Waals surface area contributed by atoms with E-state index in [1.54, 1.807) is 12.1 Å². The highest BCUT2D eigenvalue weighted by Gasteiger charge is 2.37. The highest BCUT2D eigenvalue weighted by atomic mass is 79.9. The second-order valence-corrected chi connectivity index (χ2v) is 7.81. The summed E-state index contributed by atoms with van der Waals surface area (Å²) in [7, 11) is -3.60. The molecule has 1 saturated carbocycles. The number of hydrogen-bond donors (Lipinski definition) is 2. The third-order valence-corrected chi connectivity index (χ3v) is 6.28. The Morgan fingerprint density at radius 1 is 1.35 bits per heavy atom. The highest BCUT2D eigenvalue weighted by Crippen LogP contribution is 2.32. The maximum Gasteiger partial charge on any atom is 0.242 e. The zero-order valence-corrected chi connectivity index (χ0v) is 14.7. The largest absolute Gasteiger partial charge is 0.329 e. The number of halogens is 3. The molecular weight excluding hydrogens is 387 g/mol. The van der Waals surface area contributed by atoms with Crippen LogP contribution in [0, 0.1) is 0 Å². The third kappa shape index (κ3) is 3.87. The Morgan fingerprint density at radius 3 is 2.45 bits per heavy atom. The van der Waals surface area contributed by atoms with Gasteiger partial charge in [0, 0.05) is 21.6 Å². The number of nitrogens with two attached hydrogens (primary N) is 1. The van der Waals surface area contributed by atoms with Crippen molar-refractivity contribution >= 4 is 50.0 Å². The van der Waals surface area contributed by atoms with Gasteiger partial charge < -0.3 is 5.73 Å². The van der Waals surface area contributed by atoms with Crippen LogP contribution in [0.1, 0.15) is 25.7 Å². The van der Waals surface area contributed by atoms with E-state index in [9.17, 15) is 8.42 Å². The Labute approximate surface area is 139 Å². The molecule has 0 saturated heterocycles. The second-order valence-electron chi connectivity index (χ2n) is 4.87. The maximum atomic E-state index is 12.4. The monoisotopic (exact) mass is 402 g/mol. The average Bonchev–Trinajstić information content (AvgIpc) is 2.77. The van der Waals surface area contributed by atoms with Crippen LogP contribution in [0.15, 0.2) is 27.6 Å². The van der Waals surface area contributed by atoms with E-state index >= 15 is 0 Å².